The first-order valence-corrected chi connectivity index (χ1v) is 9.70. The lowest BCUT2D eigenvalue weighted by Crippen LogP contribution is -2.34. The lowest BCUT2D eigenvalue weighted by atomic mass is 10.0. The second kappa shape index (κ2) is 5.78. The Labute approximate surface area is 139 Å². The van der Waals surface area contributed by atoms with Crippen molar-refractivity contribution in [1.29, 1.82) is 0 Å². The van der Waals surface area contributed by atoms with Crippen LogP contribution in [0.3, 0.4) is 0 Å². The molecule has 0 saturated carbocycles. The van der Waals surface area contributed by atoms with Gasteiger partial charge in [-0.2, -0.15) is 0 Å². The third-order valence-corrected chi connectivity index (χ3v) is 6.67. The molecule has 2 aromatic heterocycles. The van der Waals surface area contributed by atoms with Gasteiger partial charge in [-0.3, -0.25) is 9.36 Å². The number of ether oxygens (including phenoxy) is 1. The molecule has 126 valence electrons. The van der Waals surface area contributed by atoms with Crippen LogP contribution in [-0.2, 0) is 21.5 Å². The van der Waals surface area contributed by atoms with Crippen molar-refractivity contribution in [3.63, 3.8) is 0 Å². The molecule has 7 nitrogen and oxygen atoms in total. The summed E-state index contributed by atoms with van der Waals surface area (Å²) in [6.07, 6.45) is 5.62. The van der Waals surface area contributed by atoms with Gasteiger partial charge in [0.05, 0.1) is 28.7 Å². The molecule has 0 radical (unpaired) electrons. The van der Waals surface area contributed by atoms with Gasteiger partial charge in [-0.05, 0) is 18.1 Å². The van der Waals surface area contributed by atoms with Crippen LogP contribution in [0, 0.1) is 0 Å². The Morgan fingerprint density at radius 3 is 2.92 bits per heavy atom. The van der Waals surface area contributed by atoms with Crippen molar-refractivity contribution in [3.05, 3.63) is 40.6 Å². The zero-order chi connectivity index (χ0) is 16.7. The van der Waals surface area contributed by atoms with Crippen LogP contribution in [0.25, 0.3) is 16.6 Å². The summed E-state index contributed by atoms with van der Waals surface area (Å²) in [5, 5.41) is 0.818. The monoisotopic (exact) mass is 346 g/mol. The lowest BCUT2D eigenvalue weighted by molar-refractivity contribution is 0.0140. The zero-order valence-electron chi connectivity index (χ0n) is 13.3. The van der Waals surface area contributed by atoms with Gasteiger partial charge in [0.15, 0.2) is 0 Å². The number of aryl methyl sites for hydroxylation is 1. The molecule has 0 N–H and O–H groups in total. The third-order valence-electron chi connectivity index (χ3n) is 4.46. The molecule has 0 aliphatic carbocycles. The number of fused-ring (bicyclic) bond motifs is 1. The molecule has 2 aromatic rings. The Morgan fingerprint density at radius 2 is 2.25 bits per heavy atom. The van der Waals surface area contributed by atoms with E-state index in [9.17, 15) is 9.00 Å². The van der Waals surface area contributed by atoms with Gasteiger partial charge in [0.1, 0.15) is 18.0 Å². The molecule has 4 rings (SSSR count). The summed E-state index contributed by atoms with van der Waals surface area (Å²) in [7, 11) is -0.514. The molecule has 1 atom stereocenters. The third kappa shape index (κ3) is 2.65. The first-order chi connectivity index (χ1) is 11.6. The molecule has 1 fully saturated rings. The van der Waals surface area contributed by atoms with Gasteiger partial charge in [0, 0.05) is 29.9 Å². The molecule has 0 amide bonds. The number of nitrogens with zero attached hydrogens (tertiary/aromatic N) is 4. The Balaban J connectivity index is 1.73. The van der Waals surface area contributed by atoms with Crippen LogP contribution >= 0.6 is 0 Å². The highest BCUT2D eigenvalue weighted by Crippen LogP contribution is 2.25. The summed E-state index contributed by atoms with van der Waals surface area (Å²) in [4.78, 5) is 20.8. The van der Waals surface area contributed by atoms with Crippen molar-refractivity contribution in [2.45, 2.75) is 12.5 Å². The lowest BCUT2D eigenvalue weighted by Gasteiger charge is -2.25. The summed E-state index contributed by atoms with van der Waals surface area (Å²) in [6, 6.07) is 1.89. The second-order valence-corrected chi connectivity index (χ2v) is 8.64. The van der Waals surface area contributed by atoms with Gasteiger partial charge in [-0.25, -0.2) is 18.5 Å². The number of pyridine rings is 1. The molecular formula is C16H18N4O3S. The van der Waals surface area contributed by atoms with Gasteiger partial charge >= 0.3 is 0 Å². The number of rotatable bonds is 2. The summed E-state index contributed by atoms with van der Waals surface area (Å²) in [6.45, 7) is 1.14. The fourth-order valence-corrected chi connectivity index (χ4v) is 5.05. The van der Waals surface area contributed by atoms with E-state index in [2.05, 4.69) is 14.3 Å². The van der Waals surface area contributed by atoms with Crippen LogP contribution in [0.2, 0.25) is 0 Å². The summed E-state index contributed by atoms with van der Waals surface area (Å²) < 4.78 is 23.9. The molecule has 8 heteroatoms. The molecule has 4 heterocycles. The van der Waals surface area contributed by atoms with E-state index < -0.39 is 9.73 Å². The van der Waals surface area contributed by atoms with E-state index in [1.54, 1.807) is 13.2 Å². The van der Waals surface area contributed by atoms with Crippen molar-refractivity contribution in [2.24, 2.45) is 11.4 Å². The van der Waals surface area contributed by atoms with E-state index in [4.69, 9.17) is 4.74 Å². The SMILES string of the molecule is Cn1c(=O)c(C2=CC[S@@](=O)(=NC3COC3)CC2)cc2cncnc21. The maximum absolute atomic E-state index is 12.8. The molecular weight excluding hydrogens is 328 g/mol. The van der Waals surface area contributed by atoms with Gasteiger partial charge < -0.3 is 4.74 Å². The fraction of sp³-hybridized carbons (Fsp3) is 0.438. The van der Waals surface area contributed by atoms with Crippen molar-refractivity contribution in [2.75, 3.05) is 24.7 Å². The van der Waals surface area contributed by atoms with E-state index in [1.807, 2.05) is 12.1 Å². The van der Waals surface area contributed by atoms with E-state index in [0.717, 1.165) is 11.0 Å². The highest BCUT2D eigenvalue weighted by molar-refractivity contribution is 7.93. The molecule has 24 heavy (non-hydrogen) atoms. The molecule has 2 aliphatic rings. The maximum atomic E-state index is 12.8. The maximum Gasteiger partial charge on any atom is 0.259 e. The highest BCUT2D eigenvalue weighted by Gasteiger charge is 2.24. The van der Waals surface area contributed by atoms with Crippen molar-refractivity contribution in [3.8, 4) is 0 Å². The van der Waals surface area contributed by atoms with Crippen LogP contribution < -0.4 is 5.56 Å². The van der Waals surface area contributed by atoms with E-state index in [-0.39, 0.29) is 11.6 Å². The van der Waals surface area contributed by atoms with Gasteiger partial charge in [0.25, 0.3) is 5.56 Å². The van der Waals surface area contributed by atoms with Crippen LogP contribution in [0.4, 0.5) is 0 Å². The first kappa shape index (κ1) is 15.5. The number of allylic oxidation sites excluding steroid dienone is 1. The minimum Gasteiger partial charge on any atom is -0.377 e. The number of aromatic nitrogens is 3. The van der Waals surface area contributed by atoms with Crippen molar-refractivity contribution in [1.82, 2.24) is 14.5 Å². The summed E-state index contributed by atoms with van der Waals surface area (Å²) in [5.74, 6) is 0.882. The average Bonchev–Trinajstić information content (AvgIpc) is 2.56. The van der Waals surface area contributed by atoms with Gasteiger partial charge in [-0.1, -0.05) is 6.08 Å². The molecule has 0 aromatic carbocycles. The number of hydrogen-bond acceptors (Lipinski definition) is 6. The van der Waals surface area contributed by atoms with E-state index in [1.165, 1.54) is 10.9 Å². The smallest absolute Gasteiger partial charge is 0.259 e. The van der Waals surface area contributed by atoms with Gasteiger partial charge in [0.2, 0.25) is 0 Å². The van der Waals surface area contributed by atoms with E-state index in [0.29, 0.717) is 42.4 Å². The largest absolute Gasteiger partial charge is 0.377 e. The molecule has 0 spiro atoms. The van der Waals surface area contributed by atoms with Crippen LogP contribution in [0.15, 0.2) is 33.8 Å². The Hall–Kier alpha value is -2.06. The van der Waals surface area contributed by atoms with Crippen LogP contribution in [-0.4, -0.2) is 49.5 Å². The predicted octanol–water partition coefficient (Wildman–Crippen LogP) is 0.982. The summed E-state index contributed by atoms with van der Waals surface area (Å²) >= 11 is 0. The first-order valence-electron chi connectivity index (χ1n) is 7.84. The normalized spacial score (nSPS) is 24.5. The van der Waals surface area contributed by atoms with Crippen molar-refractivity contribution < 1.29 is 8.95 Å². The number of hydrogen-bond donors (Lipinski definition) is 0. The highest BCUT2D eigenvalue weighted by atomic mass is 32.2. The van der Waals surface area contributed by atoms with E-state index >= 15 is 0 Å². The molecule has 0 bridgehead atoms. The minimum atomic E-state index is -2.22. The molecule has 1 saturated heterocycles. The van der Waals surface area contributed by atoms with Crippen LogP contribution in [0.5, 0.6) is 0 Å². The average molecular weight is 346 g/mol. The predicted molar refractivity (Wildman–Crippen MR) is 92.3 cm³/mol. The zero-order valence-corrected chi connectivity index (χ0v) is 14.2. The van der Waals surface area contributed by atoms with Crippen LogP contribution in [0.1, 0.15) is 12.0 Å². The Bertz CT molecular complexity index is 1010. The second-order valence-electron chi connectivity index (χ2n) is 6.14. The van der Waals surface area contributed by atoms with Gasteiger partial charge in [-0.15, -0.1) is 0 Å². The summed E-state index contributed by atoms with van der Waals surface area (Å²) in [5.41, 5.74) is 2.08. The fourth-order valence-electron chi connectivity index (χ4n) is 3.02. The topological polar surface area (TPSA) is 86.4 Å². The molecule has 2 aliphatic heterocycles. The standard InChI is InChI=1S/C16H18N4O3S/c1-20-15-12(7-17-10-18-15)6-14(16(20)21)11-2-4-24(22,5-3-11)19-13-8-23-9-13/h2,6-7,10,13H,3-5,8-9H2,1H3/t24-/m0/s1. The van der Waals surface area contributed by atoms with Crippen molar-refractivity contribution >= 4 is 26.3 Å². The Morgan fingerprint density at radius 1 is 1.42 bits per heavy atom. The minimum absolute atomic E-state index is 0.0677. The molecule has 0 unspecified atom stereocenters. The Kier molecular flexibility index (Phi) is 3.73. The quantitative estimate of drug-likeness (QED) is 0.809.